The van der Waals surface area contributed by atoms with Crippen molar-refractivity contribution >= 4 is 52.3 Å². The summed E-state index contributed by atoms with van der Waals surface area (Å²) in [5.74, 6) is -1.35. The molecule has 8 nitrogen and oxygen atoms in total. The molecule has 0 aliphatic carbocycles. The maximum Gasteiger partial charge on any atom is 0.270 e. The van der Waals surface area contributed by atoms with E-state index in [-0.39, 0.29) is 10.8 Å². The SMILES string of the molecule is O=C(/C=C/c1cccc([N+](=O)[O-])c1)NC(=S)Nc1cccc(C(=O)Nc2ccc(F)cc2)c1. The third-order valence-electron chi connectivity index (χ3n) is 4.23. The number of nitrogens with zero attached hydrogens (tertiary/aromatic N) is 1. The zero-order chi connectivity index (χ0) is 23.8. The van der Waals surface area contributed by atoms with Gasteiger partial charge in [0.05, 0.1) is 4.92 Å². The van der Waals surface area contributed by atoms with Crippen molar-refractivity contribution in [2.24, 2.45) is 0 Å². The molecule has 33 heavy (non-hydrogen) atoms. The Kier molecular flexibility index (Phi) is 7.55. The summed E-state index contributed by atoms with van der Waals surface area (Å²) in [6.07, 6.45) is 2.62. The average Bonchev–Trinajstić information content (AvgIpc) is 2.79. The lowest BCUT2D eigenvalue weighted by Crippen LogP contribution is -2.32. The van der Waals surface area contributed by atoms with Crippen molar-refractivity contribution in [1.29, 1.82) is 0 Å². The third-order valence-corrected chi connectivity index (χ3v) is 4.43. The Morgan fingerprint density at radius 3 is 2.39 bits per heavy atom. The van der Waals surface area contributed by atoms with Gasteiger partial charge in [-0.2, -0.15) is 0 Å². The minimum Gasteiger partial charge on any atom is -0.332 e. The van der Waals surface area contributed by atoms with Gasteiger partial charge in [-0.3, -0.25) is 25.0 Å². The smallest absolute Gasteiger partial charge is 0.270 e. The van der Waals surface area contributed by atoms with Crippen molar-refractivity contribution in [3.63, 3.8) is 0 Å². The van der Waals surface area contributed by atoms with Crippen LogP contribution in [0.15, 0.2) is 78.9 Å². The quantitative estimate of drug-likeness (QED) is 0.214. The second kappa shape index (κ2) is 10.7. The second-order valence-corrected chi connectivity index (χ2v) is 7.08. The number of carbonyl (C=O) groups excluding carboxylic acids is 2. The molecule has 2 amide bonds. The number of thiocarbonyl (C=S) groups is 1. The molecule has 10 heteroatoms. The summed E-state index contributed by atoms with van der Waals surface area (Å²) in [5, 5.41) is 18.7. The second-order valence-electron chi connectivity index (χ2n) is 6.67. The number of hydrogen-bond acceptors (Lipinski definition) is 5. The Hall–Kier alpha value is -4.44. The molecule has 0 bridgehead atoms. The molecule has 0 spiro atoms. The van der Waals surface area contributed by atoms with Crippen LogP contribution in [0.3, 0.4) is 0 Å². The van der Waals surface area contributed by atoms with Crippen LogP contribution < -0.4 is 16.0 Å². The van der Waals surface area contributed by atoms with Crippen molar-refractivity contribution in [3.05, 3.63) is 106 Å². The van der Waals surface area contributed by atoms with Crippen molar-refractivity contribution in [3.8, 4) is 0 Å². The lowest BCUT2D eigenvalue weighted by molar-refractivity contribution is -0.384. The van der Waals surface area contributed by atoms with E-state index in [9.17, 15) is 24.1 Å². The number of nitro benzene ring substituents is 1. The number of carbonyl (C=O) groups is 2. The molecule has 0 aliphatic heterocycles. The van der Waals surface area contributed by atoms with E-state index >= 15 is 0 Å². The van der Waals surface area contributed by atoms with Gasteiger partial charge < -0.3 is 10.6 Å². The van der Waals surface area contributed by atoms with E-state index in [1.165, 1.54) is 60.7 Å². The van der Waals surface area contributed by atoms with Crippen LogP contribution >= 0.6 is 12.2 Å². The largest absolute Gasteiger partial charge is 0.332 e. The molecule has 0 aliphatic rings. The summed E-state index contributed by atoms with van der Waals surface area (Å²) in [5.41, 5.74) is 1.63. The standard InChI is InChI=1S/C23H17FN4O4S/c24-17-8-10-18(11-9-17)25-22(30)16-4-2-5-19(14-16)26-23(33)27-21(29)12-7-15-3-1-6-20(13-15)28(31)32/h1-14H,(H,25,30)(H2,26,27,29,33)/b12-7+. The van der Waals surface area contributed by atoms with Crippen LogP contribution in [-0.4, -0.2) is 21.9 Å². The van der Waals surface area contributed by atoms with Gasteiger partial charge in [-0.05, 0) is 66.3 Å². The summed E-state index contributed by atoms with van der Waals surface area (Å²) in [4.78, 5) is 34.8. The van der Waals surface area contributed by atoms with Crippen LogP contribution in [0.25, 0.3) is 6.08 Å². The third kappa shape index (κ3) is 7.04. The molecule has 0 heterocycles. The summed E-state index contributed by atoms with van der Waals surface area (Å²) >= 11 is 5.12. The van der Waals surface area contributed by atoms with Gasteiger partial charge in [-0.25, -0.2) is 4.39 Å². The molecular formula is C23H17FN4O4S. The van der Waals surface area contributed by atoms with Gasteiger partial charge in [0, 0.05) is 35.1 Å². The van der Waals surface area contributed by atoms with E-state index in [1.807, 2.05) is 0 Å². The van der Waals surface area contributed by atoms with Gasteiger partial charge in [0.1, 0.15) is 5.82 Å². The van der Waals surface area contributed by atoms with Crippen molar-refractivity contribution in [1.82, 2.24) is 5.32 Å². The van der Waals surface area contributed by atoms with E-state index in [0.717, 1.165) is 0 Å². The number of benzene rings is 3. The lowest BCUT2D eigenvalue weighted by atomic mass is 10.2. The fraction of sp³-hybridized carbons (Fsp3) is 0. The van der Waals surface area contributed by atoms with Crippen molar-refractivity contribution in [2.45, 2.75) is 0 Å². The molecule has 3 rings (SSSR count). The summed E-state index contributed by atoms with van der Waals surface area (Å²) in [6, 6.07) is 17.6. The Morgan fingerprint density at radius 2 is 1.67 bits per heavy atom. The Labute approximate surface area is 193 Å². The van der Waals surface area contributed by atoms with Gasteiger partial charge in [0.25, 0.3) is 11.6 Å². The monoisotopic (exact) mass is 464 g/mol. The normalized spacial score (nSPS) is 10.5. The Balaban J connectivity index is 1.57. The molecule has 0 atom stereocenters. The van der Waals surface area contributed by atoms with Crippen LogP contribution in [0.4, 0.5) is 21.5 Å². The predicted molar refractivity (Wildman–Crippen MR) is 127 cm³/mol. The van der Waals surface area contributed by atoms with Gasteiger partial charge in [0.15, 0.2) is 5.11 Å². The van der Waals surface area contributed by atoms with Crippen molar-refractivity contribution in [2.75, 3.05) is 10.6 Å². The molecule has 0 radical (unpaired) electrons. The van der Waals surface area contributed by atoms with Gasteiger partial charge in [-0.15, -0.1) is 0 Å². The van der Waals surface area contributed by atoms with Gasteiger partial charge in [0.2, 0.25) is 5.91 Å². The molecule has 0 fully saturated rings. The van der Waals surface area contributed by atoms with E-state index in [1.54, 1.807) is 24.3 Å². The minimum absolute atomic E-state index is 0.000199. The highest BCUT2D eigenvalue weighted by atomic mass is 32.1. The highest BCUT2D eigenvalue weighted by Crippen LogP contribution is 2.15. The number of nitrogens with one attached hydrogen (secondary N) is 3. The Bertz CT molecular complexity index is 1250. The lowest BCUT2D eigenvalue weighted by Gasteiger charge is -2.10. The number of anilines is 2. The Morgan fingerprint density at radius 1 is 0.939 bits per heavy atom. The first-order valence-electron chi connectivity index (χ1n) is 9.51. The molecule has 166 valence electrons. The highest BCUT2D eigenvalue weighted by Gasteiger charge is 2.09. The summed E-state index contributed by atoms with van der Waals surface area (Å²) in [7, 11) is 0. The fourth-order valence-electron chi connectivity index (χ4n) is 2.70. The molecular weight excluding hydrogens is 447 g/mol. The van der Waals surface area contributed by atoms with E-state index in [0.29, 0.717) is 22.5 Å². The van der Waals surface area contributed by atoms with Crippen LogP contribution in [0.2, 0.25) is 0 Å². The van der Waals surface area contributed by atoms with Crippen molar-refractivity contribution < 1.29 is 18.9 Å². The molecule has 3 N–H and O–H groups in total. The molecule has 3 aromatic rings. The summed E-state index contributed by atoms with van der Waals surface area (Å²) < 4.78 is 13.0. The van der Waals surface area contributed by atoms with Crippen LogP contribution in [-0.2, 0) is 4.79 Å². The summed E-state index contributed by atoms with van der Waals surface area (Å²) in [6.45, 7) is 0. The number of amides is 2. The van der Waals surface area contributed by atoms with E-state index in [4.69, 9.17) is 12.2 Å². The van der Waals surface area contributed by atoms with Gasteiger partial charge in [-0.1, -0.05) is 18.2 Å². The topological polar surface area (TPSA) is 113 Å². The van der Waals surface area contributed by atoms with Crippen LogP contribution in [0, 0.1) is 15.9 Å². The average molecular weight is 464 g/mol. The maximum absolute atomic E-state index is 13.0. The molecule has 0 saturated heterocycles. The maximum atomic E-state index is 13.0. The first kappa shape index (κ1) is 23.2. The highest BCUT2D eigenvalue weighted by molar-refractivity contribution is 7.80. The first-order valence-corrected chi connectivity index (χ1v) is 9.92. The molecule has 3 aromatic carbocycles. The molecule has 0 saturated carbocycles. The number of halogens is 1. The number of rotatable bonds is 6. The predicted octanol–water partition coefficient (Wildman–Crippen LogP) is 4.51. The fourth-order valence-corrected chi connectivity index (χ4v) is 2.92. The number of non-ortho nitro benzene ring substituents is 1. The van der Waals surface area contributed by atoms with Gasteiger partial charge >= 0.3 is 0 Å². The molecule has 0 unspecified atom stereocenters. The van der Waals surface area contributed by atoms with E-state index < -0.39 is 22.6 Å². The first-order chi connectivity index (χ1) is 15.8. The number of hydrogen-bond donors (Lipinski definition) is 3. The van der Waals surface area contributed by atoms with Crippen LogP contribution in [0.5, 0.6) is 0 Å². The number of nitro groups is 1. The van der Waals surface area contributed by atoms with Crippen LogP contribution in [0.1, 0.15) is 15.9 Å². The zero-order valence-corrected chi connectivity index (χ0v) is 17.8. The zero-order valence-electron chi connectivity index (χ0n) is 16.9. The van der Waals surface area contributed by atoms with E-state index in [2.05, 4.69) is 16.0 Å². The minimum atomic E-state index is -0.538. The molecule has 0 aromatic heterocycles.